The van der Waals surface area contributed by atoms with Gasteiger partial charge >= 0.3 is 13.7 Å². The van der Waals surface area contributed by atoms with Gasteiger partial charge in [0.05, 0.1) is 32.0 Å². The number of rotatable bonds is 10. The van der Waals surface area contributed by atoms with E-state index in [4.69, 9.17) is 13.8 Å². The van der Waals surface area contributed by atoms with Crippen molar-refractivity contribution in [3.05, 3.63) is 35.9 Å². The molecule has 2 N–H and O–H groups in total. The van der Waals surface area contributed by atoms with Crippen molar-refractivity contribution in [3.8, 4) is 0 Å². The third-order valence-electron chi connectivity index (χ3n) is 2.85. The monoisotopic (exact) mass is 345 g/mol. The number of ether oxygens (including phenoxy) is 1. The highest BCUT2D eigenvalue weighted by Crippen LogP contribution is 2.48. The van der Waals surface area contributed by atoms with E-state index < -0.39 is 26.3 Å². The number of aliphatic hydroxyl groups excluding tert-OH is 1. The van der Waals surface area contributed by atoms with Crippen LogP contribution in [0.3, 0.4) is 0 Å². The number of nitrogens with one attached hydrogen (secondary N) is 1. The number of carbonyl (C=O) groups excluding carboxylic acids is 1. The van der Waals surface area contributed by atoms with Crippen molar-refractivity contribution in [1.29, 1.82) is 0 Å². The zero-order valence-corrected chi connectivity index (χ0v) is 14.3. The summed E-state index contributed by atoms with van der Waals surface area (Å²) < 4.78 is 27.7. The molecule has 1 rings (SSSR count). The Kier molecular flexibility index (Phi) is 8.87. The summed E-state index contributed by atoms with van der Waals surface area (Å²) in [7, 11) is -3.36. The van der Waals surface area contributed by atoms with Crippen LogP contribution in [0.15, 0.2) is 30.3 Å². The van der Waals surface area contributed by atoms with Gasteiger partial charge in [0.15, 0.2) is 0 Å². The Morgan fingerprint density at radius 2 is 1.83 bits per heavy atom. The molecule has 0 saturated heterocycles. The van der Waals surface area contributed by atoms with Crippen molar-refractivity contribution in [2.75, 3.05) is 26.0 Å². The molecule has 0 aromatic heterocycles. The molecule has 1 atom stereocenters. The Morgan fingerprint density at radius 1 is 1.22 bits per heavy atom. The fraction of sp³-hybridized carbons (Fsp3) is 0.533. The van der Waals surface area contributed by atoms with Crippen molar-refractivity contribution < 1.29 is 28.3 Å². The maximum absolute atomic E-state index is 12.4. The van der Waals surface area contributed by atoms with Gasteiger partial charge in [-0.2, -0.15) is 0 Å². The van der Waals surface area contributed by atoms with Crippen LogP contribution < -0.4 is 5.32 Å². The van der Waals surface area contributed by atoms with Crippen LogP contribution in [0.2, 0.25) is 0 Å². The molecule has 0 fully saturated rings. The molecule has 0 bridgehead atoms. The second kappa shape index (κ2) is 10.4. The van der Waals surface area contributed by atoms with Gasteiger partial charge in [0.2, 0.25) is 0 Å². The molecular weight excluding hydrogens is 321 g/mol. The van der Waals surface area contributed by atoms with Crippen LogP contribution in [0.5, 0.6) is 0 Å². The van der Waals surface area contributed by atoms with E-state index in [1.807, 2.05) is 30.3 Å². The van der Waals surface area contributed by atoms with E-state index in [9.17, 15) is 14.5 Å². The van der Waals surface area contributed by atoms with Crippen molar-refractivity contribution >= 4 is 13.7 Å². The number of alkyl carbamates (subject to hydrolysis) is 1. The van der Waals surface area contributed by atoms with Crippen molar-refractivity contribution in [2.45, 2.75) is 26.5 Å². The average molecular weight is 345 g/mol. The number of benzene rings is 1. The van der Waals surface area contributed by atoms with Gasteiger partial charge in [0.25, 0.3) is 0 Å². The Balaban J connectivity index is 2.50. The summed E-state index contributed by atoms with van der Waals surface area (Å²) in [4.78, 5) is 11.8. The van der Waals surface area contributed by atoms with Crippen LogP contribution in [0.4, 0.5) is 4.79 Å². The summed E-state index contributed by atoms with van der Waals surface area (Å²) in [6, 6.07) is 8.43. The summed E-state index contributed by atoms with van der Waals surface area (Å²) in [6.45, 7) is 3.54. The van der Waals surface area contributed by atoms with Gasteiger partial charge in [-0.3, -0.25) is 4.57 Å². The molecule has 0 saturated carbocycles. The molecule has 1 amide bonds. The predicted octanol–water partition coefficient (Wildman–Crippen LogP) is 2.54. The summed E-state index contributed by atoms with van der Waals surface area (Å²) in [5, 5.41) is 11.8. The minimum atomic E-state index is -3.36. The van der Waals surface area contributed by atoms with Crippen LogP contribution >= 0.6 is 7.60 Å². The predicted molar refractivity (Wildman–Crippen MR) is 86.4 cm³/mol. The standard InChI is InChI=1S/C15H24NO6P/c1-3-21-23(19,22-4-2)12-14(10-17)16-15(18)20-11-13-8-6-5-7-9-13/h5-9,14,17H,3-4,10-12H2,1-2H3,(H,16,18). The molecule has 0 radical (unpaired) electrons. The highest BCUT2D eigenvalue weighted by molar-refractivity contribution is 7.53. The van der Waals surface area contributed by atoms with Gasteiger partial charge in [-0.25, -0.2) is 4.79 Å². The summed E-state index contributed by atoms with van der Waals surface area (Å²) in [5.74, 6) is 0. The molecule has 0 aliphatic rings. The van der Waals surface area contributed by atoms with Crippen LogP contribution in [0, 0.1) is 0 Å². The Bertz CT molecular complexity index is 500. The first-order valence-corrected chi connectivity index (χ1v) is 9.22. The molecule has 23 heavy (non-hydrogen) atoms. The molecule has 0 aliphatic heterocycles. The van der Waals surface area contributed by atoms with Gasteiger partial charge in [-0.1, -0.05) is 30.3 Å². The Labute approximate surface area is 136 Å². The number of carbonyl (C=O) groups is 1. The van der Waals surface area contributed by atoms with E-state index in [0.717, 1.165) is 5.56 Å². The Morgan fingerprint density at radius 3 is 2.35 bits per heavy atom. The summed E-state index contributed by atoms with van der Waals surface area (Å²) in [5.41, 5.74) is 0.845. The third-order valence-corrected chi connectivity index (χ3v) is 5.04. The molecule has 1 aromatic carbocycles. The molecule has 1 unspecified atom stereocenters. The van der Waals surface area contributed by atoms with E-state index in [1.54, 1.807) is 13.8 Å². The van der Waals surface area contributed by atoms with Gasteiger partial charge in [-0.05, 0) is 19.4 Å². The fourth-order valence-corrected chi connectivity index (χ4v) is 3.71. The van der Waals surface area contributed by atoms with Gasteiger partial charge in [0.1, 0.15) is 6.61 Å². The molecule has 130 valence electrons. The molecular formula is C15H24NO6P. The first kappa shape index (κ1) is 19.6. The number of aliphatic hydroxyl groups is 1. The maximum atomic E-state index is 12.4. The van der Waals surface area contributed by atoms with E-state index in [0.29, 0.717) is 0 Å². The van der Waals surface area contributed by atoms with Gasteiger partial charge < -0.3 is 24.2 Å². The second-order valence-corrected chi connectivity index (χ2v) is 6.82. The van der Waals surface area contributed by atoms with Crippen molar-refractivity contribution in [2.24, 2.45) is 0 Å². The third kappa shape index (κ3) is 7.61. The summed E-state index contributed by atoms with van der Waals surface area (Å²) >= 11 is 0. The van der Waals surface area contributed by atoms with E-state index >= 15 is 0 Å². The number of hydrogen-bond donors (Lipinski definition) is 2. The lowest BCUT2D eigenvalue weighted by Crippen LogP contribution is -2.40. The van der Waals surface area contributed by atoms with E-state index in [2.05, 4.69) is 5.32 Å². The normalized spacial score (nSPS) is 12.7. The Hall–Kier alpha value is -1.40. The molecule has 0 heterocycles. The van der Waals surface area contributed by atoms with Crippen LogP contribution in [-0.2, 0) is 25.0 Å². The van der Waals surface area contributed by atoms with Crippen LogP contribution in [0.25, 0.3) is 0 Å². The lowest BCUT2D eigenvalue weighted by molar-refractivity contribution is 0.130. The maximum Gasteiger partial charge on any atom is 0.407 e. The lowest BCUT2D eigenvalue weighted by Gasteiger charge is -2.22. The van der Waals surface area contributed by atoms with Gasteiger partial charge in [0, 0.05) is 0 Å². The van der Waals surface area contributed by atoms with Crippen LogP contribution in [-0.4, -0.2) is 43.2 Å². The zero-order chi connectivity index (χ0) is 17.1. The second-order valence-electron chi connectivity index (χ2n) is 4.71. The largest absolute Gasteiger partial charge is 0.445 e. The van der Waals surface area contributed by atoms with Crippen LogP contribution in [0.1, 0.15) is 19.4 Å². The minimum absolute atomic E-state index is 0.111. The van der Waals surface area contributed by atoms with E-state index in [-0.39, 0.29) is 26.0 Å². The highest BCUT2D eigenvalue weighted by Gasteiger charge is 2.29. The molecule has 8 heteroatoms. The molecule has 0 spiro atoms. The SMILES string of the molecule is CCOP(=O)(CC(CO)NC(=O)OCc1ccccc1)OCC. The smallest absolute Gasteiger partial charge is 0.407 e. The van der Waals surface area contributed by atoms with Gasteiger partial charge in [-0.15, -0.1) is 0 Å². The van der Waals surface area contributed by atoms with Crippen molar-refractivity contribution in [3.63, 3.8) is 0 Å². The highest BCUT2D eigenvalue weighted by atomic mass is 31.2. The first-order chi connectivity index (χ1) is 11.0. The number of amides is 1. The van der Waals surface area contributed by atoms with E-state index in [1.165, 1.54) is 0 Å². The average Bonchev–Trinajstić information content (AvgIpc) is 2.53. The lowest BCUT2D eigenvalue weighted by atomic mass is 10.2. The minimum Gasteiger partial charge on any atom is -0.445 e. The molecule has 0 aliphatic carbocycles. The topological polar surface area (TPSA) is 94.1 Å². The number of hydrogen-bond acceptors (Lipinski definition) is 6. The molecule has 7 nitrogen and oxygen atoms in total. The molecule has 1 aromatic rings. The van der Waals surface area contributed by atoms with Crippen molar-refractivity contribution in [1.82, 2.24) is 5.32 Å². The summed E-state index contributed by atoms with van der Waals surface area (Å²) in [6.07, 6.45) is -0.821. The zero-order valence-electron chi connectivity index (χ0n) is 13.4. The first-order valence-electron chi connectivity index (χ1n) is 7.49. The quantitative estimate of drug-likeness (QED) is 0.633. The fourth-order valence-electron chi connectivity index (χ4n) is 1.89.